The molecule has 0 aromatic heterocycles. The van der Waals surface area contributed by atoms with Gasteiger partial charge in [-0.1, -0.05) is 109 Å². The van der Waals surface area contributed by atoms with Crippen molar-refractivity contribution in [2.24, 2.45) is 0 Å². The first-order valence-electron chi connectivity index (χ1n) is 11.2. The monoisotopic (exact) mass is 451 g/mol. The second kappa shape index (κ2) is 12.9. The van der Waals surface area contributed by atoms with E-state index >= 15 is 0 Å². The number of benzene rings is 4. The highest BCUT2D eigenvalue weighted by atomic mass is 19.1. The molecule has 0 heterocycles. The van der Waals surface area contributed by atoms with E-state index in [9.17, 15) is 4.39 Å². The van der Waals surface area contributed by atoms with E-state index in [1.54, 1.807) is 24.3 Å². The predicted molar refractivity (Wildman–Crippen MR) is 144 cm³/mol. The fourth-order valence-corrected chi connectivity index (χ4v) is 3.17. The zero-order valence-corrected chi connectivity index (χ0v) is 19.6. The van der Waals surface area contributed by atoms with Gasteiger partial charge in [-0.2, -0.15) is 0 Å². The third-order valence-corrected chi connectivity index (χ3v) is 5.20. The van der Waals surface area contributed by atoms with Crippen LogP contribution in [-0.4, -0.2) is 19.2 Å². The zero-order chi connectivity index (χ0) is 24.2. The zero-order valence-electron chi connectivity index (χ0n) is 19.6. The van der Waals surface area contributed by atoms with Gasteiger partial charge in [0.05, 0.1) is 6.61 Å². The van der Waals surface area contributed by atoms with Crippen molar-refractivity contribution in [1.82, 2.24) is 0 Å². The number of rotatable bonds is 6. The Morgan fingerprint density at radius 1 is 0.618 bits per heavy atom. The van der Waals surface area contributed by atoms with Crippen LogP contribution in [0.3, 0.4) is 0 Å². The van der Waals surface area contributed by atoms with Crippen LogP contribution in [0.2, 0.25) is 0 Å². The van der Waals surface area contributed by atoms with Crippen molar-refractivity contribution in [2.45, 2.75) is 6.61 Å². The Morgan fingerprint density at radius 3 is 1.68 bits per heavy atom. The molecule has 0 saturated carbocycles. The molecule has 4 rings (SSSR count). The minimum Gasteiger partial charge on any atom is -0.392 e. The van der Waals surface area contributed by atoms with Gasteiger partial charge in [-0.15, -0.1) is 0 Å². The second-order valence-corrected chi connectivity index (χ2v) is 7.98. The van der Waals surface area contributed by atoms with Crippen LogP contribution in [0.15, 0.2) is 103 Å². The van der Waals surface area contributed by atoms with E-state index in [1.165, 1.54) is 22.9 Å². The van der Waals surface area contributed by atoms with E-state index in [0.29, 0.717) is 5.56 Å². The van der Waals surface area contributed by atoms with Crippen molar-refractivity contribution in [1.29, 1.82) is 0 Å². The first kappa shape index (κ1) is 24.7. The van der Waals surface area contributed by atoms with E-state index in [2.05, 4.69) is 79.7 Å². The molecule has 172 valence electrons. The molecule has 0 unspecified atom stereocenters. The quantitative estimate of drug-likeness (QED) is 0.309. The predicted octanol–water partition coefficient (Wildman–Crippen LogP) is 7.41. The van der Waals surface area contributed by atoms with Crippen LogP contribution in [0.25, 0.3) is 24.3 Å². The standard InChI is InChI=1S/C16H17N.C15H13FO/c1-17(2)16-12-10-15(11-13-16)9-8-14-6-4-3-5-7-14;16-15-4-2-1-3-14(15)10-9-12-5-7-13(11-17)8-6-12/h3-13H,1-2H3;1-10,17H,11H2/b9-8+;10-9+. The van der Waals surface area contributed by atoms with Gasteiger partial charge in [0.25, 0.3) is 0 Å². The number of halogens is 1. The number of hydrogen-bond donors (Lipinski definition) is 1. The van der Waals surface area contributed by atoms with Gasteiger partial charge >= 0.3 is 0 Å². The molecular formula is C31H30FNO. The summed E-state index contributed by atoms with van der Waals surface area (Å²) in [5, 5.41) is 8.91. The number of aliphatic hydroxyl groups is 1. The van der Waals surface area contributed by atoms with Gasteiger partial charge < -0.3 is 10.0 Å². The van der Waals surface area contributed by atoms with Gasteiger partial charge in [-0.05, 0) is 40.5 Å². The highest BCUT2D eigenvalue weighted by Gasteiger charge is 1.96. The molecule has 0 aliphatic rings. The minimum absolute atomic E-state index is 0.0390. The Kier molecular flexibility index (Phi) is 9.39. The fraction of sp³-hybridized carbons (Fsp3) is 0.0968. The lowest BCUT2D eigenvalue weighted by atomic mass is 10.1. The maximum atomic E-state index is 13.3. The van der Waals surface area contributed by atoms with Crippen molar-refractivity contribution in [3.63, 3.8) is 0 Å². The number of nitrogens with zero attached hydrogens (tertiary/aromatic N) is 1. The van der Waals surface area contributed by atoms with Gasteiger partial charge in [0.1, 0.15) is 5.82 Å². The molecule has 0 spiro atoms. The Labute approximate surface area is 202 Å². The molecule has 3 heteroatoms. The first-order valence-corrected chi connectivity index (χ1v) is 11.2. The average Bonchev–Trinajstić information content (AvgIpc) is 2.88. The molecule has 0 atom stereocenters. The van der Waals surface area contributed by atoms with Crippen LogP contribution < -0.4 is 4.90 Å². The Balaban J connectivity index is 0.000000191. The van der Waals surface area contributed by atoms with Crippen molar-refractivity contribution < 1.29 is 9.50 Å². The van der Waals surface area contributed by atoms with Gasteiger partial charge in [-0.25, -0.2) is 4.39 Å². The van der Waals surface area contributed by atoms with Gasteiger partial charge in [0.15, 0.2) is 0 Å². The third-order valence-electron chi connectivity index (χ3n) is 5.20. The summed E-state index contributed by atoms with van der Waals surface area (Å²) in [5.41, 5.74) is 6.09. The minimum atomic E-state index is -0.226. The molecule has 0 bridgehead atoms. The van der Waals surface area contributed by atoms with Gasteiger partial charge in [-0.3, -0.25) is 0 Å². The summed E-state index contributed by atoms with van der Waals surface area (Å²) in [6.45, 7) is 0.0390. The van der Waals surface area contributed by atoms with Crippen LogP contribution in [0.5, 0.6) is 0 Å². The van der Waals surface area contributed by atoms with Crippen LogP contribution in [0.4, 0.5) is 10.1 Å². The smallest absolute Gasteiger partial charge is 0.130 e. The van der Waals surface area contributed by atoms with E-state index < -0.39 is 0 Å². The summed E-state index contributed by atoms with van der Waals surface area (Å²) in [6, 6.07) is 33.0. The lowest BCUT2D eigenvalue weighted by Crippen LogP contribution is -2.07. The number of hydrogen-bond acceptors (Lipinski definition) is 2. The summed E-state index contributed by atoms with van der Waals surface area (Å²) >= 11 is 0. The largest absolute Gasteiger partial charge is 0.392 e. The molecule has 0 aliphatic carbocycles. The van der Waals surface area contributed by atoms with E-state index in [1.807, 2.05) is 36.4 Å². The summed E-state index contributed by atoms with van der Waals surface area (Å²) < 4.78 is 13.3. The molecule has 0 saturated heterocycles. The maximum Gasteiger partial charge on any atom is 0.130 e. The highest BCUT2D eigenvalue weighted by molar-refractivity contribution is 5.71. The molecule has 0 fully saturated rings. The lowest BCUT2D eigenvalue weighted by molar-refractivity contribution is 0.282. The molecule has 0 aliphatic heterocycles. The fourth-order valence-electron chi connectivity index (χ4n) is 3.17. The summed E-state index contributed by atoms with van der Waals surface area (Å²) in [5.74, 6) is -0.226. The van der Waals surface area contributed by atoms with E-state index in [-0.39, 0.29) is 12.4 Å². The Bertz CT molecular complexity index is 1190. The highest BCUT2D eigenvalue weighted by Crippen LogP contribution is 2.15. The van der Waals surface area contributed by atoms with Crippen molar-refractivity contribution in [3.05, 3.63) is 137 Å². The topological polar surface area (TPSA) is 23.5 Å². The SMILES string of the molecule is CN(C)c1ccc(/C=C/c2ccccc2)cc1.OCc1ccc(/C=C/c2ccccc2F)cc1. The van der Waals surface area contributed by atoms with Gasteiger partial charge in [0.2, 0.25) is 0 Å². The summed E-state index contributed by atoms with van der Waals surface area (Å²) in [4.78, 5) is 2.10. The molecule has 1 N–H and O–H groups in total. The van der Waals surface area contributed by atoms with Crippen molar-refractivity contribution in [3.8, 4) is 0 Å². The first-order chi connectivity index (χ1) is 16.5. The normalized spacial score (nSPS) is 10.8. The molecule has 4 aromatic rings. The Morgan fingerprint density at radius 2 is 1.12 bits per heavy atom. The van der Waals surface area contributed by atoms with Crippen molar-refractivity contribution >= 4 is 30.0 Å². The van der Waals surface area contributed by atoms with Crippen LogP contribution in [-0.2, 0) is 6.61 Å². The molecule has 2 nitrogen and oxygen atoms in total. The van der Waals surface area contributed by atoms with Crippen LogP contribution in [0, 0.1) is 5.82 Å². The molecule has 0 amide bonds. The third kappa shape index (κ3) is 7.88. The van der Waals surface area contributed by atoms with Gasteiger partial charge in [0, 0.05) is 25.3 Å². The second-order valence-electron chi connectivity index (χ2n) is 7.98. The van der Waals surface area contributed by atoms with Crippen molar-refractivity contribution in [2.75, 3.05) is 19.0 Å². The average molecular weight is 452 g/mol. The molecular weight excluding hydrogens is 421 g/mol. The summed E-state index contributed by atoms with van der Waals surface area (Å²) in [7, 11) is 4.10. The number of aliphatic hydroxyl groups excluding tert-OH is 1. The number of anilines is 1. The van der Waals surface area contributed by atoms with Crippen LogP contribution >= 0.6 is 0 Å². The maximum absolute atomic E-state index is 13.3. The molecule has 0 radical (unpaired) electrons. The Hall–Kier alpha value is -3.95. The lowest BCUT2D eigenvalue weighted by Gasteiger charge is -2.11. The van der Waals surface area contributed by atoms with E-state index in [4.69, 9.17) is 5.11 Å². The molecule has 4 aromatic carbocycles. The molecule has 34 heavy (non-hydrogen) atoms. The van der Waals surface area contributed by atoms with E-state index in [0.717, 1.165) is 11.1 Å². The van der Waals surface area contributed by atoms with Crippen LogP contribution in [0.1, 0.15) is 27.8 Å². The summed E-state index contributed by atoms with van der Waals surface area (Å²) in [6.07, 6.45) is 7.85.